The molecule has 2 heterocycles. The molecule has 0 radical (unpaired) electrons. The lowest BCUT2D eigenvalue weighted by molar-refractivity contribution is -0.280. The molecular weight excluding hydrogens is 710 g/mol. The van der Waals surface area contributed by atoms with Gasteiger partial charge in [0.15, 0.2) is 18.7 Å². The van der Waals surface area contributed by atoms with Crippen molar-refractivity contribution in [2.24, 2.45) is 17.0 Å². The van der Waals surface area contributed by atoms with Crippen LogP contribution in [0.3, 0.4) is 0 Å². The van der Waals surface area contributed by atoms with Gasteiger partial charge in [-0.05, 0) is 69.0 Å². The minimum absolute atomic E-state index is 0.0284. The van der Waals surface area contributed by atoms with Gasteiger partial charge in [-0.1, -0.05) is 79.6 Å². The van der Waals surface area contributed by atoms with Gasteiger partial charge in [0.05, 0.1) is 30.8 Å². The van der Waals surface area contributed by atoms with Crippen LogP contribution in [-0.4, -0.2) is 80.3 Å². The molecule has 14 heteroatoms. The van der Waals surface area contributed by atoms with Crippen LogP contribution in [-0.2, 0) is 65.5 Å². The molecule has 10 atom stereocenters. The van der Waals surface area contributed by atoms with Crippen LogP contribution in [0.25, 0.3) is 10.4 Å². The molecule has 0 aliphatic carbocycles. The highest BCUT2D eigenvalue weighted by atomic mass is 16.7. The average Bonchev–Trinajstić information content (AvgIpc) is 3.18. The Kier molecular flexibility index (Phi) is 18.4. The van der Waals surface area contributed by atoms with E-state index in [-0.39, 0.29) is 50.6 Å². The Balaban J connectivity index is 1.27. The van der Waals surface area contributed by atoms with Crippen molar-refractivity contribution < 1.29 is 52.3 Å². The number of carbonyl (C=O) groups is 3. The first kappa shape index (κ1) is 43.7. The summed E-state index contributed by atoms with van der Waals surface area (Å²) in [7, 11) is 0. The van der Waals surface area contributed by atoms with Crippen LogP contribution < -0.4 is 0 Å². The van der Waals surface area contributed by atoms with E-state index >= 15 is 0 Å². The topological polar surface area (TPSA) is 174 Å². The van der Waals surface area contributed by atoms with Crippen LogP contribution in [0.2, 0.25) is 0 Å². The maximum Gasteiger partial charge on any atom is 0.309 e. The van der Waals surface area contributed by atoms with Crippen molar-refractivity contribution in [3.63, 3.8) is 0 Å². The highest BCUT2D eigenvalue weighted by Crippen LogP contribution is 2.30. The summed E-state index contributed by atoms with van der Waals surface area (Å²) in [5.41, 5.74) is 10.6. The van der Waals surface area contributed by atoms with Crippen LogP contribution in [0.4, 0.5) is 0 Å². The highest BCUT2D eigenvalue weighted by molar-refractivity contribution is 5.72. The molecule has 2 aromatic carbocycles. The van der Waals surface area contributed by atoms with Crippen molar-refractivity contribution in [3.8, 4) is 0 Å². The first-order valence-corrected chi connectivity index (χ1v) is 19.4. The standard InChI is InChI=1S/C41H57N3O11/c1-27-22-35(49-25-32-14-8-6-9-15-32)40(52-30(27)4)48-21-13-12-18-38(46)54-36-23-34(55-39(47)28(2)24-43-44-42)31(5)53-41(36)51-29(3)19-20-37(45)50-26-33-16-10-7-11-17-33/h6-11,14-17,27-31,34-36,40-41H,12-13,18-26H2,1-5H3/t27-,28-,29-,30?,31?,34-,35?,36?,40-,41-/m1/s1. The summed E-state index contributed by atoms with van der Waals surface area (Å²) >= 11 is 0. The normalized spacial score (nSPS) is 26.2. The van der Waals surface area contributed by atoms with Gasteiger partial charge in [-0.25, -0.2) is 0 Å². The van der Waals surface area contributed by atoms with Gasteiger partial charge in [-0.3, -0.25) is 14.4 Å². The lowest BCUT2D eigenvalue weighted by Gasteiger charge is -2.40. The number of unbranched alkanes of at least 4 members (excludes halogenated alkanes) is 1. The Bertz CT molecular complexity index is 1510. The van der Waals surface area contributed by atoms with Gasteiger partial charge in [0.2, 0.25) is 0 Å². The fourth-order valence-corrected chi connectivity index (χ4v) is 6.18. The number of carbonyl (C=O) groups excluding carboxylic acids is 3. The zero-order chi connectivity index (χ0) is 39.6. The Morgan fingerprint density at radius 1 is 0.782 bits per heavy atom. The summed E-state index contributed by atoms with van der Waals surface area (Å²) < 4.78 is 47.8. The largest absolute Gasteiger partial charge is 0.461 e. The minimum atomic E-state index is -0.964. The smallest absolute Gasteiger partial charge is 0.309 e. The van der Waals surface area contributed by atoms with Gasteiger partial charge in [-0.2, -0.15) is 0 Å². The molecule has 302 valence electrons. The summed E-state index contributed by atoms with van der Waals surface area (Å²) in [5.74, 6) is -1.73. The number of azide groups is 1. The van der Waals surface area contributed by atoms with Gasteiger partial charge in [-0.15, -0.1) is 0 Å². The van der Waals surface area contributed by atoms with Crippen LogP contribution in [0, 0.1) is 11.8 Å². The van der Waals surface area contributed by atoms with E-state index in [0.717, 1.165) is 17.5 Å². The maximum atomic E-state index is 13.2. The van der Waals surface area contributed by atoms with Gasteiger partial charge in [0.25, 0.3) is 0 Å². The second kappa shape index (κ2) is 23.1. The number of rotatable bonds is 21. The molecule has 2 aromatic rings. The second-order valence-corrected chi connectivity index (χ2v) is 14.5. The molecule has 0 bridgehead atoms. The molecule has 0 spiro atoms. The Labute approximate surface area is 324 Å². The molecule has 2 aliphatic heterocycles. The molecule has 4 unspecified atom stereocenters. The lowest BCUT2D eigenvalue weighted by atomic mass is 9.95. The first-order chi connectivity index (χ1) is 26.5. The van der Waals surface area contributed by atoms with E-state index in [0.29, 0.717) is 38.4 Å². The fourth-order valence-electron chi connectivity index (χ4n) is 6.18. The van der Waals surface area contributed by atoms with Crippen LogP contribution >= 0.6 is 0 Å². The third kappa shape index (κ3) is 15.2. The van der Waals surface area contributed by atoms with Crippen LogP contribution in [0.5, 0.6) is 0 Å². The van der Waals surface area contributed by atoms with Crippen molar-refractivity contribution in [2.75, 3.05) is 13.2 Å². The predicted octanol–water partition coefficient (Wildman–Crippen LogP) is 7.36. The minimum Gasteiger partial charge on any atom is -0.461 e. The van der Waals surface area contributed by atoms with E-state index in [1.807, 2.05) is 67.6 Å². The van der Waals surface area contributed by atoms with Gasteiger partial charge < -0.3 is 37.9 Å². The quantitative estimate of drug-likeness (QED) is 0.0310. The molecule has 4 rings (SSSR count). The molecule has 2 aliphatic rings. The van der Waals surface area contributed by atoms with Crippen LogP contribution in [0.15, 0.2) is 65.8 Å². The second-order valence-electron chi connectivity index (χ2n) is 14.5. The number of ether oxygens (including phenoxy) is 8. The SMILES string of the molecule is CC1O[C@@H](OCCCCC(=O)OC2C[C@@H](OC(=O)[C@H](C)CN=[N+]=[N-])C(C)O[C@H]2O[C@H](C)CCC(=O)OCc2ccccc2)C(OCc2ccccc2)C[C@H]1C. The Morgan fingerprint density at radius 2 is 1.45 bits per heavy atom. The van der Waals surface area contributed by atoms with E-state index in [4.69, 9.17) is 43.4 Å². The zero-order valence-corrected chi connectivity index (χ0v) is 32.7. The molecule has 55 heavy (non-hydrogen) atoms. The first-order valence-electron chi connectivity index (χ1n) is 19.4. The Morgan fingerprint density at radius 3 is 2.15 bits per heavy atom. The van der Waals surface area contributed by atoms with Gasteiger partial charge in [0, 0.05) is 37.3 Å². The van der Waals surface area contributed by atoms with Crippen molar-refractivity contribution in [2.45, 2.75) is 142 Å². The van der Waals surface area contributed by atoms with E-state index in [9.17, 15) is 14.4 Å². The third-order valence-corrected chi connectivity index (χ3v) is 9.80. The van der Waals surface area contributed by atoms with Crippen molar-refractivity contribution in [1.29, 1.82) is 0 Å². The summed E-state index contributed by atoms with van der Waals surface area (Å²) in [4.78, 5) is 41.0. The van der Waals surface area contributed by atoms with E-state index < -0.39 is 54.9 Å². The van der Waals surface area contributed by atoms with Gasteiger partial charge in [0.1, 0.15) is 18.8 Å². The number of hydrogen-bond acceptors (Lipinski definition) is 12. The maximum absolute atomic E-state index is 13.2. The number of nitrogens with zero attached hydrogens (tertiary/aromatic N) is 3. The monoisotopic (exact) mass is 767 g/mol. The number of hydrogen-bond donors (Lipinski definition) is 0. The molecule has 0 amide bonds. The van der Waals surface area contributed by atoms with Crippen molar-refractivity contribution in [1.82, 2.24) is 0 Å². The molecule has 0 aromatic heterocycles. The van der Waals surface area contributed by atoms with Crippen molar-refractivity contribution in [3.05, 3.63) is 82.2 Å². The summed E-state index contributed by atoms with van der Waals surface area (Å²) in [6.07, 6.45) is -1.72. The summed E-state index contributed by atoms with van der Waals surface area (Å²) in [6, 6.07) is 19.4. The van der Waals surface area contributed by atoms with E-state index in [1.54, 1.807) is 20.8 Å². The zero-order valence-electron chi connectivity index (χ0n) is 32.7. The molecular formula is C41H57N3O11. The van der Waals surface area contributed by atoms with Crippen molar-refractivity contribution >= 4 is 17.9 Å². The molecule has 2 fully saturated rings. The van der Waals surface area contributed by atoms with E-state index in [1.165, 1.54) is 0 Å². The summed E-state index contributed by atoms with van der Waals surface area (Å²) in [6.45, 7) is 10.3. The third-order valence-electron chi connectivity index (χ3n) is 9.80. The highest BCUT2D eigenvalue weighted by Gasteiger charge is 2.42. The predicted molar refractivity (Wildman–Crippen MR) is 201 cm³/mol. The molecule has 2 saturated heterocycles. The average molecular weight is 768 g/mol. The molecule has 0 saturated carbocycles. The number of esters is 3. The van der Waals surface area contributed by atoms with Gasteiger partial charge >= 0.3 is 17.9 Å². The Hall–Kier alpha value is -4.04. The summed E-state index contributed by atoms with van der Waals surface area (Å²) in [5, 5.41) is 3.46. The molecule has 0 N–H and O–H groups in total. The van der Waals surface area contributed by atoms with E-state index in [2.05, 4.69) is 16.9 Å². The molecule has 14 nitrogen and oxygen atoms in total. The van der Waals surface area contributed by atoms with Crippen LogP contribution in [0.1, 0.15) is 90.7 Å². The number of benzene rings is 2. The fraction of sp³-hybridized carbons (Fsp3) is 0.634. The lowest BCUT2D eigenvalue weighted by Crippen LogP contribution is -2.51.